The Kier molecular flexibility index (Phi) is 4.93. The molecule has 1 fully saturated rings. The molecule has 1 aliphatic heterocycles. The van der Waals surface area contributed by atoms with E-state index in [4.69, 9.17) is 0 Å². The van der Waals surface area contributed by atoms with Crippen LogP contribution in [0.4, 0.5) is 0 Å². The quantitative estimate of drug-likeness (QED) is 0.866. The Morgan fingerprint density at radius 1 is 1.63 bits per heavy atom. The second kappa shape index (κ2) is 6.48. The van der Waals surface area contributed by atoms with E-state index in [2.05, 4.69) is 27.9 Å². The van der Waals surface area contributed by atoms with Crippen LogP contribution in [0.15, 0.2) is 5.38 Å². The zero-order valence-corrected chi connectivity index (χ0v) is 12.6. The van der Waals surface area contributed by atoms with E-state index in [1.807, 2.05) is 6.92 Å². The summed E-state index contributed by atoms with van der Waals surface area (Å²) < 4.78 is 0. The Morgan fingerprint density at radius 2 is 2.47 bits per heavy atom. The maximum absolute atomic E-state index is 12.4. The van der Waals surface area contributed by atoms with Crippen LogP contribution in [0.3, 0.4) is 0 Å². The summed E-state index contributed by atoms with van der Waals surface area (Å²) in [5.74, 6) is 0.204. The van der Waals surface area contributed by atoms with E-state index in [1.54, 1.807) is 11.3 Å². The lowest BCUT2D eigenvalue weighted by Gasteiger charge is -2.35. The molecular weight excluding hydrogens is 258 g/mol. The van der Waals surface area contributed by atoms with Gasteiger partial charge in [0.2, 0.25) is 5.91 Å². The molecule has 2 rings (SSSR count). The Morgan fingerprint density at radius 3 is 3.05 bits per heavy atom. The number of thiazole rings is 1. The molecule has 5 heteroatoms. The number of aromatic nitrogens is 1. The van der Waals surface area contributed by atoms with Gasteiger partial charge in [0.15, 0.2) is 0 Å². The van der Waals surface area contributed by atoms with Crippen LogP contribution in [0.5, 0.6) is 0 Å². The van der Waals surface area contributed by atoms with Crippen LogP contribution in [0.25, 0.3) is 0 Å². The molecule has 0 aromatic carbocycles. The summed E-state index contributed by atoms with van der Waals surface area (Å²) in [7, 11) is 0. The first-order chi connectivity index (χ1) is 9.16. The highest BCUT2D eigenvalue weighted by molar-refractivity contribution is 7.09. The molecule has 19 heavy (non-hydrogen) atoms. The highest BCUT2D eigenvalue weighted by Crippen LogP contribution is 2.30. The van der Waals surface area contributed by atoms with Gasteiger partial charge in [-0.15, -0.1) is 11.3 Å². The van der Waals surface area contributed by atoms with Crippen molar-refractivity contribution in [1.82, 2.24) is 15.6 Å². The van der Waals surface area contributed by atoms with E-state index in [-0.39, 0.29) is 11.3 Å². The van der Waals surface area contributed by atoms with E-state index in [1.165, 1.54) is 0 Å². The van der Waals surface area contributed by atoms with E-state index < -0.39 is 0 Å². The highest BCUT2D eigenvalue weighted by atomic mass is 32.1. The average Bonchev–Trinajstić information content (AvgIpc) is 2.85. The maximum Gasteiger partial charge on any atom is 0.227 e. The van der Waals surface area contributed by atoms with Gasteiger partial charge in [-0.25, -0.2) is 4.98 Å². The molecule has 106 valence electrons. The fourth-order valence-electron chi connectivity index (χ4n) is 2.61. The number of piperidine rings is 1. The summed E-state index contributed by atoms with van der Waals surface area (Å²) in [5, 5.41) is 9.59. The fourth-order valence-corrected chi connectivity index (χ4v) is 3.39. The second-order valence-electron chi connectivity index (χ2n) is 5.30. The van der Waals surface area contributed by atoms with E-state index in [0.29, 0.717) is 6.54 Å². The minimum atomic E-state index is -0.197. The lowest BCUT2D eigenvalue weighted by Crippen LogP contribution is -2.50. The summed E-state index contributed by atoms with van der Waals surface area (Å²) in [6.07, 6.45) is 3.82. The van der Waals surface area contributed by atoms with E-state index >= 15 is 0 Å². The Balaban J connectivity index is 1.82. The van der Waals surface area contributed by atoms with Gasteiger partial charge in [-0.05, 0) is 32.7 Å². The van der Waals surface area contributed by atoms with Crippen LogP contribution >= 0.6 is 11.3 Å². The lowest BCUT2D eigenvalue weighted by molar-refractivity contribution is -0.132. The van der Waals surface area contributed by atoms with Crippen molar-refractivity contribution in [2.45, 2.75) is 39.5 Å². The summed E-state index contributed by atoms with van der Waals surface area (Å²) >= 11 is 1.67. The summed E-state index contributed by atoms with van der Waals surface area (Å²) in [4.78, 5) is 16.8. The molecule has 1 saturated heterocycles. The standard InChI is InChI=1S/C14H23N3OS/c1-3-14(6-4-7-15-10-14)13(18)16-8-5-12-17-11(2)9-19-12/h9,15H,3-8,10H2,1-2H3,(H,16,18). The average molecular weight is 281 g/mol. The van der Waals surface area contributed by atoms with Gasteiger partial charge in [-0.3, -0.25) is 4.79 Å². The predicted molar refractivity (Wildman–Crippen MR) is 78.4 cm³/mol. The first-order valence-electron chi connectivity index (χ1n) is 7.06. The Bertz CT molecular complexity index is 424. The Labute approximate surface area is 119 Å². The summed E-state index contributed by atoms with van der Waals surface area (Å²) in [6, 6.07) is 0. The molecule has 1 amide bonds. The molecule has 1 aliphatic rings. The molecule has 0 radical (unpaired) electrons. The van der Waals surface area contributed by atoms with Gasteiger partial charge in [-0.1, -0.05) is 6.92 Å². The summed E-state index contributed by atoms with van der Waals surface area (Å²) in [5.41, 5.74) is 0.865. The SMILES string of the molecule is CCC1(C(=O)NCCc2nc(C)cs2)CCCNC1. The number of aryl methyl sites for hydroxylation is 1. The molecule has 1 atom stereocenters. The topological polar surface area (TPSA) is 54.0 Å². The zero-order valence-electron chi connectivity index (χ0n) is 11.8. The van der Waals surface area contributed by atoms with Crippen molar-refractivity contribution >= 4 is 17.2 Å². The maximum atomic E-state index is 12.4. The Hall–Kier alpha value is -0.940. The van der Waals surface area contributed by atoms with Crippen LogP contribution in [-0.4, -0.2) is 30.5 Å². The van der Waals surface area contributed by atoms with Crippen LogP contribution < -0.4 is 10.6 Å². The van der Waals surface area contributed by atoms with Crippen molar-refractivity contribution in [3.8, 4) is 0 Å². The van der Waals surface area contributed by atoms with Gasteiger partial charge in [0.25, 0.3) is 0 Å². The zero-order chi connectivity index (χ0) is 13.7. The largest absolute Gasteiger partial charge is 0.355 e. The fraction of sp³-hybridized carbons (Fsp3) is 0.714. The molecule has 2 N–H and O–H groups in total. The summed E-state index contributed by atoms with van der Waals surface area (Å²) in [6.45, 7) is 6.64. The van der Waals surface area contributed by atoms with Crippen LogP contribution in [0, 0.1) is 12.3 Å². The molecule has 1 unspecified atom stereocenters. The van der Waals surface area contributed by atoms with Gasteiger partial charge in [0, 0.05) is 30.6 Å². The van der Waals surface area contributed by atoms with Crippen molar-refractivity contribution in [3.63, 3.8) is 0 Å². The van der Waals surface area contributed by atoms with Crippen LogP contribution in [-0.2, 0) is 11.2 Å². The number of hydrogen-bond donors (Lipinski definition) is 2. The third-order valence-corrected chi connectivity index (χ3v) is 4.95. The molecule has 2 heterocycles. The number of nitrogens with zero attached hydrogens (tertiary/aromatic N) is 1. The van der Waals surface area contributed by atoms with Crippen LogP contribution in [0.1, 0.15) is 36.9 Å². The molecule has 0 spiro atoms. The van der Waals surface area contributed by atoms with Crippen molar-refractivity contribution in [2.75, 3.05) is 19.6 Å². The van der Waals surface area contributed by atoms with Gasteiger partial charge >= 0.3 is 0 Å². The van der Waals surface area contributed by atoms with Crippen molar-refractivity contribution in [3.05, 3.63) is 16.1 Å². The number of amides is 1. The van der Waals surface area contributed by atoms with Crippen molar-refractivity contribution in [1.29, 1.82) is 0 Å². The van der Waals surface area contributed by atoms with Crippen molar-refractivity contribution in [2.24, 2.45) is 5.41 Å². The molecular formula is C14H23N3OS. The second-order valence-corrected chi connectivity index (χ2v) is 6.25. The molecule has 1 aromatic rings. The third kappa shape index (κ3) is 3.54. The molecule has 0 aliphatic carbocycles. The smallest absolute Gasteiger partial charge is 0.227 e. The number of nitrogens with one attached hydrogen (secondary N) is 2. The number of carbonyl (C=O) groups is 1. The van der Waals surface area contributed by atoms with Crippen LogP contribution in [0.2, 0.25) is 0 Å². The molecule has 1 aromatic heterocycles. The van der Waals surface area contributed by atoms with Gasteiger partial charge in [0.05, 0.1) is 10.4 Å². The lowest BCUT2D eigenvalue weighted by atomic mass is 9.77. The normalized spacial score (nSPS) is 23.3. The minimum absolute atomic E-state index is 0.197. The first-order valence-corrected chi connectivity index (χ1v) is 7.94. The predicted octanol–water partition coefficient (Wildman–Crippen LogP) is 1.89. The third-order valence-electron chi connectivity index (χ3n) is 3.92. The number of hydrogen-bond acceptors (Lipinski definition) is 4. The molecule has 4 nitrogen and oxygen atoms in total. The van der Waals surface area contributed by atoms with Gasteiger partial charge in [-0.2, -0.15) is 0 Å². The highest BCUT2D eigenvalue weighted by Gasteiger charge is 2.37. The van der Waals surface area contributed by atoms with Crippen molar-refractivity contribution < 1.29 is 4.79 Å². The molecule has 0 bridgehead atoms. The number of rotatable bonds is 5. The van der Waals surface area contributed by atoms with E-state index in [9.17, 15) is 4.79 Å². The monoisotopic (exact) mass is 281 g/mol. The minimum Gasteiger partial charge on any atom is -0.355 e. The number of carbonyl (C=O) groups excluding carboxylic acids is 1. The van der Waals surface area contributed by atoms with Gasteiger partial charge < -0.3 is 10.6 Å². The molecule has 0 saturated carbocycles. The first kappa shape index (κ1) is 14.5. The van der Waals surface area contributed by atoms with Gasteiger partial charge in [0.1, 0.15) is 0 Å². The van der Waals surface area contributed by atoms with E-state index in [0.717, 1.165) is 49.5 Å².